The van der Waals surface area contributed by atoms with Crippen molar-refractivity contribution in [1.29, 1.82) is 0 Å². The Balaban J connectivity index is 0.00000264. The Morgan fingerprint density at radius 2 is 1.45 bits per heavy atom. The van der Waals surface area contributed by atoms with Crippen molar-refractivity contribution in [2.75, 3.05) is 35.8 Å². The number of carbonyl (C=O) groups is 1. The van der Waals surface area contributed by atoms with Gasteiger partial charge in [0.2, 0.25) is 0 Å². The lowest BCUT2D eigenvalue weighted by Gasteiger charge is -2.56. The molecule has 2 heterocycles. The standard InChI is InChI=1S/C30H37N3O3S.ClH/c34-29(30-16-22-13-23(17-30)15-24(14-22)18-30)20-32-11-9-21(10-12-32)19-33-27-7-3-1-5-25(27)31-26-6-2-4-8-28(26)37(33,35)36;/h1-8,21-24,31H,9-20H2;1H. The normalized spacial score (nSPS) is 31.5. The van der Waals surface area contributed by atoms with Crippen molar-refractivity contribution in [3.63, 3.8) is 0 Å². The van der Waals surface area contributed by atoms with Crippen LogP contribution in [0, 0.1) is 29.1 Å². The number of Topliss-reactive ketones (excluding diaryl/α,β-unsaturated/α-hetero) is 1. The number of piperidine rings is 1. The molecule has 0 unspecified atom stereocenters. The number of nitrogens with one attached hydrogen (secondary N) is 1. The number of likely N-dealkylation sites (tertiary alicyclic amines) is 1. The molecular weight excluding hydrogens is 518 g/mol. The number of halogens is 1. The minimum atomic E-state index is -3.69. The molecule has 5 fully saturated rings. The number of ketones is 1. The van der Waals surface area contributed by atoms with Crippen molar-refractivity contribution in [2.24, 2.45) is 29.1 Å². The third kappa shape index (κ3) is 4.44. The molecule has 4 saturated carbocycles. The largest absolute Gasteiger partial charge is 0.353 e. The maximum absolute atomic E-state index is 13.8. The highest BCUT2D eigenvalue weighted by Gasteiger charge is 2.54. The SMILES string of the molecule is Cl.O=C(CN1CCC(CN2c3ccccc3Nc3ccccc3S2(=O)=O)CC1)C12CC3CC(CC(C3)C1)C2. The van der Waals surface area contributed by atoms with Crippen molar-refractivity contribution in [2.45, 2.75) is 56.3 Å². The second kappa shape index (κ2) is 9.83. The number of hydrogen-bond acceptors (Lipinski definition) is 5. The quantitative estimate of drug-likeness (QED) is 0.500. The van der Waals surface area contributed by atoms with Crippen LogP contribution in [-0.4, -0.2) is 45.3 Å². The monoisotopic (exact) mass is 555 g/mol. The van der Waals surface area contributed by atoms with Gasteiger partial charge in [0.15, 0.2) is 5.78 Å². The summed E-state index contributed by atoms with van der Waals surface area (Å²) in [7, 11) is -3.69. The van der Waals surface area contributed by atoms with Gasteiger partial charge in [-0.15, -0.1) is 12.4 Å². The van der Waals surface area contributed by atoms with Crippen LogP contribution in [0.25, 0.3) is 0 Å². The third-order valence-corrected chi connectivity index (χ3v) is 11.9. The van der Waals surface area contributed by atoms with E-state index in [0.717, 1.165) is 68.6 Å². The zero-order valence-corrected chi connectivity index (χ0v) is 23.5. The number of hydrogen-bond donors (Lipinski definition) is 1. The smallest absolute Gasteiger partial charge is 0.266 e. The first kappa shape index (κ1) is 26.1. The minimum Gasteiger partial charge on any atom is -0.353 e. The second-order valence-electron chi connectivity index (χ2n) is 12.5. The van der Waals surface area contributed by atoms with Crippen LogP contribution in [0.4, 0.5) is 17.1 Å². The molecule has 204 valence electrons. The molecule has 4 aliphatic carbocycles. The summed E-state index contributed by atoms with van der Waals surface area (Å²) in [6.07, 6.45) is 9.32. The van der Waals surface area contributed by atoms with Gasteiger partial charge in [-0.3, -0.25) is 14.0 Å². The average molecular weight is 556 g/mol. The van der Waals surface area contributed by atoms with E-state index in [1.54, 1.807) is 16.4 Å². The Kier molecular flexibility index (Phi) is 6.76. The Hall–Kier alpha value is -2.09. The van der Waals surface area contributed by atoms with Crippen molar-refractivity contribution < 1.29 is 13.2 Å². The van der Waals surface area contributed by atoms with Gasteiger partial charge < -0.3 is 5.32 Å². The highest BCUT2D eigenvalue weighted by atomic mass is 35.5. The van der Waals surface area contributed by atoms with Gasteiger partial charge in [-0.25, -0.2) is 8.42 Å². The number of carbonyl (C=O) groups excluding carboxylic acids is 1. The number of sulfonamides is 1. The number of nitrogens with zero attached hydrogens (tertiary/aromatic N) is 2. The van der Waals surface area contributed by atoms with E-state index in [0.29, 0.717) is 35.1 Å². The van der Waals surface area contributed by atoms with Crippen LogP contribution in [0.5, 0.6) is 0 Å². The van der Waals surface area contributed by atoms with Gasteiger partial charge in [-0.05, 0) is 112 Å². The molecule has 8 heteroatoms. The highest BCUT2D eigenvalue weighted by molar-refractivity contribution is 7.93. The molecule has 2 aromatic carbocycles. The van der Waals surface area contributed by atoms with Crippen LogP contribution in [-0.2, 0) is 14.8 Å². The molecule has 6 aliphatic rings. The molecular formula is C30H38ClN3O3S. The van der Waals surface area contributed by atoms with Crippen LogP contribution < -0.4 is 9.62 Å². The lowest BCUT2D eigenvalue weighted by molar-refractivity contribution is -0.145. The summed E-state index contributed by atoms with van der Waals surface area (Å²) in [6, 6.07) is 14.8. The molecule has 0 atom stereocenters. The molecule has 1 N–H and O–H groups in total. The number of fused-ring (bicyclic) bond motifs is 2. The van der Waals surface area contributed by atoms with E-state index in [-0.39, 0.29) is 23.7 Å². The lowest BCUT2D eigenvalue weighted by Crippen LogP contribution is -2.53. The number of benzene rings is 2. The number of anilines is 3. The zero-order chi connectivity index (χ0) is 25.2. The number of rotatable bonds is 5. The van der Waals surface area contributed by atoms with Gasteiger partial charge in [0, 0.05) is 12.0 Å². The molecule has 2 aromatic rings. The van der Waals surface area contributed by atoms with E-state index < -0.39 is 10.0 Å². The maximum Gasteiger partial charge on any atom is 0.266 e. The maximum atomic E-state index is 13.8. The zero-order valence-electron chi connectivity index (χ0n) is 21.8. The predicted molar refractivity (Wildman–Crippen MR) is 153 cm³/mol. The molecule has 38 heavy (non-hydrogen) atoms. The van der Waals surface area contributed by atoms with Gasteiger partial charge in [0.05, 0.1) is 23.6 Å². The van der Waals surface area contributed by atoms with Crippen molar-refractivity contribution in [3.8, 4) is 0 Å². The van der Waals surface area contributed by atoms with Gasteiger partial charge in [0.1, 0.15) is 4.90 Å². The van der Waals surface area contributed by atoms with Crippen molar-refractivity contribution in [3.05, 3.63) is 48.5 Å². The summed E-state index contributed by atoms with van der Waals surface area (Å²) >= 11 is 0. The molecule has 0 spiro atoms. The first-order chi connectivity index (χ1) is 17.9. The first-order valence-electron chi connectivity index (χ1n) is 14.1. The Morgan fingerprint density at radius 1 is 0.868 bits per heavy atom. The van der Waals surface area contributed by atoms with Crippen LogP contribution in [0.2, 0.25) is 0 Å². The highest BCUT2D eigenvalue weighted by Crippen LogP contribution is 2.60. The lowest BCUT2D eigenvalue weighted by atomic mass is 9.48. The van der Waals surface area contributed by atoms with Crippen LogP contribution in [0.15, 0.2) is 53.4 Å². The molecule has 8 rings (SSSR count). The molecule has 6 nitrogen and oxygen atoms in total. The van der Waals surface area contributed by atoms with E-state index >= 15 is 0 Å². The van der Waals surface area contributed by atoms with Crippen LogP contribution in [0.1, 0.15) is 51.4 Å². The molecule has 4 bridgehead atoms. The van der Waals surface area contributed by atoms with Crippen molar-refractivity contribution >= 4 is 45.3 Å². The van der Waals surface area contributed by atoms with Gasteiger partial charge in [-0.2, -0.15) is 0 Å². The van der Waals surface area contributed by atoms with Crippen LogP contribution >= 0.6 is 12.4 Å². The topological polar surface area (TPSA) is 69.7 Å². The summed E-state index contributed by atoms with van der Waals surface area (Å²) in [5.41, 5.74) is 2.11. The fourth-order valence-electron chi connectivity index (χ4n) is 8.57. The summed E-state index contributed by atoms with van der Waals surface area (Å²) in [5.74, 6) is 3.13. The average Bonchev–Trinajstić information content (AvgIpc) is 2.97. The van der Waals surface area contributed by atoms with E-state index in [4.69, 9.17) is 0 Å². The molecule has 0 amide bonds. The first-order valence-corrected chi connectivity index (χ1v) is 15.6. The Morgan fingerprint density at radius 3 is 2.11 bits per heavy atom. The Bertz CT molecular complexity index is 1290. The fourth-order valence-corrected chi connectivity index (χ4v) is 10.3. The molecule has 0 radical (unpaired) electrons. The van der Waals surface area contributed by atoms with Crippen molar-refractivity contribution in [1.82, 2.24) is 4.90 Å². The van der Waals surface area contributed by atoms with Gasteiger partial charge in [-0.1, -0.05) is 24.3 Å². The molecule has 0 aromatic heterocycles. The summed E-state index contributed by atoms with van der Waals surface area (Å²) in [4.78, 5) is 16.3. The minimum absolute atomic E-state index is 0. The fraction of sp³-hybridized carbons (Fsp3) is 0.567. The van der Waals surface area contributed by atoms with E-state index in [1.165, 1.54) is 19.3 Å². The second-order valence-corrected chi connectivity index (χ2v) is 14.3. The third-order valence-electron chi connectivity index (χ3n) is 10.0. The van der Waals surface area contributed by atoms with Gasteiger partial charge >= 0.3 is 0 Å². The van der Waals surface area contributed by atoms with Gasteiger partial charge in [0.25, 0.3) is 10.0 Å². The predicted octanol–water partition coefficient (Wildman–Crippen LogP) is 5.86. The summed E-state index contributed by atoms with van der Waals surface area (Å²) in [6.45, 7) is 2.79. The molecule has 1 saturated heterocycles. The Labute approximate surface area is 232 Å². The van der Waals surface area contributed by atoms with E-state index in [1.807, 2.05) is 36.4 Å². The van der Waals surface area contributed by atoms with E-state index in [9.17, 15) is 13.2 Å². The molecule has 2 aliphatic heterocycles. The number of para-hydroxylation sites is 3. The van der Waals surface area contributed by atoms with Crippen LogP contribution in [0.3, 0.4) is 0 Å². The summed E-state index contributed by atoms with van der Waals surface area (Å²) < 4.78 is 29.2. The van der Waals surface area contributed by atoms with E-state index in [2.05, 4.69) is 10.2 Å². The summed E-state index contributed by atoms with van der Waals surface area (Å²) in [5, 5.41) is 3.34.